The standard InChI is InChI=1S/C30H25ClF3N3O3/c31-22-10-11-26(40-18-19-4-2-1-3-5-19)25(16-22)36-17-24-27(35-36)29(38)37(23-12-14-39-15-13-23)28(24)20-6-8-21(9-7-20)30(32,33)34/h1-11,16-17,23,28H,12-15,18H2. The molecule has 3 aromatic carbocycles. The summed E-state index contributed by atoms with van der Waals surface area (Å²) in [6, 6.07) is 19.1. The van der Waals surface area contributed by atoms with Crippen molar-refractivity contribution in [3.05, 3.63) is 112 Å². The van der Waals surface area contributed by atoms with Crippen LogP contribution in [0.5, 0.6) is 5.75 Å². The van der Waals surface area contributed by atoms with E-state index in [1.165, 1.54) is 12.1 Å². The lowest BCUT2D eigenvalue weighted by molar-refractivity contribution is -0.137. The molecule has 0 bridgehead atoms. The van der Waals surface area contributed by atoms with Crippen molar-refractivity contribution < 1.29 is 27.4 Å². The van der Waals surface area contributed by atoms with Crippen molar-refractivity contribution in [2.75, 3.05) is 13.2 Å². The Morgan fingerprint density at radius 3 is 2.42 bits per heavy atom. The fourth-order valence-corrected chi connectivity index (χ4v) is 5.49. The Kier molecular flexibility index (Phi) is 7.02. The van der Waals surface area contributed by atoms with Gasteiger partial charge < -0.3 is 14.4 Å². The van der Waals surface area contributed by atoms with Gasteiger partial charge in [0.05, 0.1) is 11.6 Å². The molecule has 1 aromatic heterocycles. The fourth-order valence-electron chi connectivity index (χ4n) is 5.33. The molecular formula is C30H25ClF3N3O3. The highest BCUT2D eigenvalue weighted by atomic mass is 35.5. The Morgan fingerprint density at radius 1 is 1.00 bits per heavy atom. The largest absolute Gasteiger partial charge is 0.487 e. The van der Waals surface area contributed by atoms with Crippen molar-refractivity contribution in [1.29, 1.82) is 0 Å². The van der Waals surface area contributed by atoms with Gasteiger partial charge in [-0.05, 0) is 54.3 Å². The third kappa shape index (κ3) is 5.07. The summed E-state index contributed by atoms with van der Waals surface area (Å²) in [4.78, 5) is 15.5. The van der Waals surface area contributed by atoms with Crippen LogP contribution in [-0.4, -0.2) is 39.8 Å². The highest BCUT2D eigenvalue weighted by Gasteiger charge is 2.45. The van der Waals surface area contributed by atoms with Gasteiger partial charge in [-0.1, -0.05) is 54.1 Å². The number of benzene rings is 3. The molecule has 6 rings (SSSR count). The van der Waals surface area contributed by atoms with Crippen molar-refractivity contribution >= 4 is 17.5 Å². The number of rotatable bonds is 6. The summed E-state index contributed by atoms with van der Waals surface area (Å²) >= 11 is 6.33. The van der Waals surface area contributed by atoms with Crippen molar-refractivity contribution in [2.45, 2.75) is 37.7 Å². The fraction of sp³-hybridized carbons (Fsp3) is 0.267. The predicted octanol–water partition coefficient (Wildman–Crippen LogP) is 6.85. The second-order valence-electron chi connectivity index (χ2n) is 9.84. The summed E-state index contributed by atoms with van der Waals surface area (Å²) in [6.45, 7) is 1.34. The van der Waals surface area contributed by atoms with Gasteiger partial charge in [0, 0.05) is 36.0 Å². The van der Waals surface area contributed by atoms with E-state index in [9.17, 15) is 18.0 Å². The van der Waals surface area contributed by atoms with Gasteiger partial charge in [0.1, 0.15) is 18.0 Å². The Morgan fingerprint density at radius 2 is 1.73 bits per heavy atom. The second kappa shape index (κ2) is 10.6. The number of hydrogen-bond acceptors (Lipinski definition) is 4. The Balaban J connectivity index is 1.39. The molecule has 206 valence electrons. The molecule has 1 unspecified atom stereocenters. The zero-order valence-electron chi connectivity index (χ0n) is 21.3. The number of carbonyl (C=O) groups excluding carboxylic acids is 1. The summed E-state index contributed by atoms with van der Waals surface area (Å²) in [5.74, 6) is 0.258. The van der Waals surface area contributed by atoms with Crippen molar-refractivity contribution in [3.8, 4) is 11.4 Å². The van der Waals surface area contributed by atoms with E-state index in [1.807, 2.05) is 30.3 Å². The van der Waals surface area contributed by atoms with Crippen LogP contribution in [0.3, 0.4) is 0 Å². The van der Waals surface area contributed by atoms with E-state index in [0.29, 0.717) is 60.2 Å². The average Bonchev–Trinajstić information content (AvgIpc) is 3.51. The van der Waals surface area contributed by atoms with E-state index in [1.54, 1.807) is 34.0 Å². The molecule has 0 saturated carbocycles. The van der Waals surface area contributed by atoms with Crippen LogP contribution < -0.4 is 4.74 Å². The van der Waals surface area contributed by atoms with Crippen LogP contribution >= 0.6 is 11.6 Å². The first-order valence-electron chi connectivity index (χ1n) is 12.9. The number of alkyl halides is 3. The number of ether oxygens (including phenoxy) is 2. The molecule has 3 heterocycles. The Labute approximate surface area is 233 Å². The van der Waals surface area contributed by atoms with E-state index in [0.717, 1.165) is 17.7 Å². The molecule has 1 amide bonds. The summed E-state index contributed by atoms with van der Waals surface area (Å²) in [7, 11) is 0. The van der Waals surface area contributed by atoms with Crippen LogP contribution in [0.15, 0.2) is 79.0 Å². The Hall–Kier alpha value is -3.82. The van der Waals surface area contributed by atoms with E-state index >= 15 is 0 Å². The van der Waals surface area contributed by atoms with Gasteiger partial charge in [0.15, 0.2) is 5.69 Å². The van der Waals surface area contributed by atoms with Gasteiger partial charge in [-0.25, -0.2) is 4.68 Å². The smallest absolute Gasteiger partial charge is 0.416 e. The lowest BCUT2D eigenvalue weighted by Gasteiger charge is -2.36. The third-order valence-electron chi connectivity index (χ3n) is 7.30. The molecule has 10 heteroatoms. The molecule has 2 aliphatic heterocycles. The summed E-state index contributed by atoms with van der Waals surface area (Å²) in [6.07, 6.45) is -1.43. The summed E-state index contributed by atoms with van der Waals surface area (Å²) in [5, 5.41) is 5.12. The lowest BCUT2D eigenvalue weighted by atomic mass is 9.97. The SMILES string of the molecule is O=C1c2nn(-c3cc(Cl)ccc3OCc3ccccc3)cc2C(c2ccc(C(F)(F)F)cc2)N1C1CCOCC1. The monoisotopic (exact) mass is 567 g/mol. The van der Waals surface area contributed by atoms with Gasteiger partial charge in [0.2, 0.25) is 0 Å². The molecule has 2 aliphatic rings. The molecule has 0 aliphatic carbocycles. The number of aromatic nitrogens is 2. The van der Waals surface area contributed by atoms with Crippen molar-refractivity contribution in [2.24, 2.45) is 0 Å². The molecule has 1 fully saturated rings. The average molecular weight is 568 g/mol. The maximum atomic E-state index is 13.8. The first-order chi connectivity index (χ1) is 19.3. The number of hydrogen-bond donors (Lipinski definition) is 0. The van der Waals surface area contributed by atoms with Crippen LogP contribution in [0.1, 0.15) is 51.6 Å². The zero-order valence-corrected chi connectivity index (χ0v) is 22.0. The van der Waals surface area contributed by atoms with E-state index in [2.05, 4.69) is 5.10 Å². The van der Waals surface area contributed by atoms with Crippen molar-refractivity contribution in [1.82, 2.24) is 14.7 Å². The highest BCUT2D eigenvalue weighted by molar-refractivity contribution is 6.30. The van der Waals surface area contributed by atoms with Gasteiger partial charge in [0.25, 0.3) is 5.91 Å². The van der Waals surface area contributed by atoms with Crippen molar-refractivity contribution in [3.63, 3.8) is 0 Å². The normalized spacial score (nSPS) is 17.8. The molecule has 1 atom stereocenters. The minimum Gasteiger partial charge on any atom is -0.487 e. The maximum Gasteiger partial charge on any atom is 0.416 e. The topological polar surface area (TPSA) is 56.6 Å². The van der Waals surface area contributed by atoms with Gasteiger partial charge >= 0.3 is 6.18 Å². The molecule has 0 spiro atoms. The molecule has 6 nitrogen and oxygen atoms in total. The van der Waals surface area contributed by atoms with Gasteiger partial charge in [-0.2, -0.15) is 18.3 Å². The predicted molar refractivity (Wildman–Crippen MR) is 143 cm³/mol. The zero-order chi connectivity index (χ0) is 27.9. The number of nitrogens with zero attached hydrogens (tertiary/aromatic N) is 3. The minimum atomic E-state index is -4.46. The van der Waals surface area contributed by atoms with E-state index in [4.69, 9.17) is 21.1 Å². The molecule has 4 aromatic rings. The van der Waals surface area contributed by atoms with Crippen LogP contribution in [-0.2, 0) is 17.5 Å². The first kappa shape index (κ1) is 26.4. The number of fused-ring (bicyclic) bond motifs is 1. The van der Waals surface area contributed by atoms with E-state index < -0.39 is 17.8 Å². The number of halogens is 4. The van der Waals surface area contributed by atoms with Crippen LogP contribution in [0.2, 0.25) is 5.02 Å². The summed E-state index contributed by atoms with van der Waals surface area (Å²) in [5.41, 5.74) is 2.24. The summed E-state index contributed by atoms with van der Waals surface area (Å²) < 4.78 is 53.0. The van der Waals surface area contributed by atoms with Crippen LogP contribution in [0.25, 0.3) is 5.69 Å². The van der Waals surface area contributed by atoms with Gasteiger partial charge in [-0.15, -0.1) is 0 Å². The highest BCUT2D eigenvalue weighted by Crippen LogP contribution is 2.43. The quantitative estimate of drug-likeness (QED) is 0.256. The molecular weight excluding hydrogens is 543 g/mol. The third-order valence-corrected chi connectivity index (χ3v) is 7.53. The molecule has 1 saturated heterocycles. The Bertz CT molecular complexity index is 1520. The van der Waals surface area contributed by atoms with Crippen LogP contribution in [0.4, 0.5) is 13.2 Å². The molecule has 0 radical (unpaired) electrons. The second-order valence-corrected chi connectivity index (χ2v) is 10.3. The van der Waals surface area contributed by atoms with Crippen LogP contribution in [0, 0.1) is 0 Å². The number of carbonyl (C=O) groups is 1. The van der Waals surface area contributed by atoms with Gasteiger partial charge in [-0.3, -0.25) is 4.79 Å². The number of amides is 1. The lowest BCUT2D eigenvalue weighted by Crippen LogP contribution is -2.42. The minimum absolute atomic E-state index is 0.118. The molecule has 0 N–H and O–H groups in total. The maximum absolute atomic E-state index is 13.8. The van der Waals surface area contributed by atoms with E-state index in [-0.39, 0.29) is 17.6 Å². The first-order valence-corrected chi connectivity index (χ1v) is 13.3. The molecule has 40 heavy (non-hydrogen) atoms.